The van der Waals surface area contributed by atoms with Crippen molar-refractivity contribution < 1.29 is 17.9 Å². The van der Waals surface area contributed by atoms with Crippen molar-refractivity contribution >= 4 is 16.9 Å². The van der Waals surface area contributed by atoms with Gasteiger partial charge in [0.1, 0.15) is 17.2 Å². The Morgan fingerprint density at radius 2 is 1.45 bits per heavy atom. The molecule has 4 atom stereocenters. The average Bonchev–Trinajstić information content (AvgIpc) is 3.56. The molecule has 10 heteroatoms. The van der Waals surface area contributed by atoms with E-state index in [4.69, 9.17) is 13.7 Å². The van der Waals surface area contributed by atoms with Crippen LogP contribution in [0.1, 0.15) is 104 Å². The largest absolute Gasteiger partial charge is 0.493 e. The maximum absolute atomic E-state index is 13.2. The Bertz CT molecular complexity index is 1340. The van der Waals surface area contributed by atoms with E-state index in [1.807, 2.05) is 17.5 Å². The summed E-state index contributed by atoms with van der Waals surface area (Å²) in [6.45, 7) is 11.7. The summed E-state index contributed by atoms with van der Waals surface area (Å²) in [6, 6.07) is 7.22. The molecule has 0 radical (unpaired) electrons. The van der Waals surface area contributed by atoms with Crippen molar-refractivity contribution in [1.82, 2.24) is 24.5 Å². The van der Waals surface area contributed by atoms with Crippen LogP contribution in [-0.4, -0.2) is 37.2 Å². The van der Waals surface area contributed by atoms with Gasteiger partial charge in [0.05, 0.1) is 19.3 Å². The van der Waals surface area contributed by atoms with Gasteiger partial charge in [0.2, 0.25) is 0 Å². The summed E-state index contributed by atoms with van der Waals surface area (Å²) >= 11 is -1.83. The van der Waals surface area contributed by atoms with E-state index >= 15 is 0 Å². The summed E-state index contributed by atoms with van der Waals surface area (Å²) in [4.78, 5) is 0. The zero-order valence-corrected chi connectivity index (χ0v) is 26.5. The normalized spacial score (nSPS) is 27.6. The number of nitrogens with zero attached hydrogens (tertiary/aromatic N) is 3. The Balaban J connectivity index is 1.14. The molecule has 9 nitrogen and oxygen atoms in total. The van der Waals surface area contributed by atoms with E-state index < -0.39 is 11.3 Å². The molecule has 4 unspecified atom stereocenters. The van der Waals surface area contributed by atoms with Gasteiger partial charge in [-0.25, -0.2) is 4.52 Å². The van der Waals surface area contributed by atoms with Crippen molar-refractivity contribution in [3.8, 4) is 17.2 Å². The maximum Gasteiger partial charge on any atom is 0.288 e. The number of rotatable bonds is 14. The minimum absolute atomic E-state index is 0.242. The van der Waals surface area contributed by atoms with E-state index in [-0.39, 0.29) is 11.5 Å². The van der Waals surface area contributed by atoms with Gasteiger partial charge in [-0.1, -0.05) is 40.5 Å². The van der Waals surface area contributed by atoms with Crippen molar-refractivity contribution in [3.63, 3.8) is 0 Å². The number of hydrogen-bond donors (Lipinski definition) is 2. The van der Waals surface area contributed by atoms with Gasteiger partial charge in [-0.05, 0) is 75.0 Å². The standard InChI is InChI=1S/C32H47N5O4S/c1-6-20(3)18-39-26-11-27(40-19-21(4)7-2)13-28(12-26)41-42(38)36-22(5)31-34-33-30-14-29(35-37(30)31)32-15-23-8-24(16-32)10-25(9-23)17-32/h11-14,20-25,35-36H,6-10,15-19H2,1-5H3. The molecule has 0 saturated heterocycles. The fourth-order valence-corrected chi connectivity index (χ4v) is 8.29. The third-order valence-electron chi connectivity index (χ3n) is 9.98. The summed E-state index contributed by atoms with van der Waals surface area (Å²) < 4.78 is 36.1. The molecule has 0 amide bonds. The predicted molar refractivity (Wildman–Crippen MR) is 164 cm³/mol. The highest BCUT2D eigenvalue weighted by Gasteiger charge is 2.52. The topological polar surface area (TPSA) is 103 Å². The first kappa shape index (κ1) is 29.5. The summed E-state index contributed by atoms with van der Waals surface area (Å²) in [5.74, 6) is 5.82. The number of aromatic amines is 1. The molecule has 0 aliphatic heterocycles. The molecule has 2 aromatic heterocycles. The summed E-state index contributed by atoms with van der Waals surface area (Å²) in [7, 11) is 0. The third kappa shape index (κ3) is 6.20. The van der Waals surface area contributed by atoms with Crippen molar-refractivity contribution in [2.75, 3.05) is 13.2 Å². The lowest BCUT2D eigenvalue weighted by Gasteiger charge is -2.56. The molecule has 4 fully saturated rings. The molecule has 4 saturated carbocycles. The van der Waals surface area contributed by atoms with Gasteiger partial charge in [0.25, 0.3) is 11.3 Å². The molecular formula is C32H47N5O4S. The van der Waals surface area contributed by atoms with Crippen LogP contribution in [0.5, 0.6) is 17.2 Å². The molecule has 2 heterocycles. The van der Waals surface area contributed by atoms with Crippen LogP contribution in [0.3, 0.4) is 0 Å². The maximum atomic E-state index is 13.2. The highest BCUT2D eigenvalue weighted by Crippen LogP contribution is 2.60. The average molecular weight is 598 g/mol. The molecule has 230 valence electrons. The van der Waals surface area contributed by atoms with Crippen molar-refractivity contribution in [2.45, 2.75) is 97.4 Å². The molecular weight excluding hydrogens is 550 g/mol. The second-order valence-electron chi connectivity index (χ2n) is 13.6. The van der Waals surface area contributed by atoms with E-state index in [1.54, 1.807) is 12.1 Å². The molecule has 42 heavy (non-hydrogen) atoms. The zero-order chi connectivity index (χ0) is 29.4. The smallest absolute Gasteiger partial charge is 0.288 e. The summed E-state index contributed by atoms with van der Waals surface area (Å²) in [6.07, 6.45) is 10.1. The van der Waals surface area contributed by atoms with Crippen LogP contribution in [0.4, 0.5) is 0 Å². The minimum atomic E-state index is -1.83. The van der Waals surface area contributed by atoms with Crippen LogP contribution in [0.2, 0.25) is 0 Å². The summed E-state index contributed by atoms with van der Waals surface area (Å²) in [5, 5.41) is 12.5. The number of nitrogens with one attached hydrogen (secondary N) is 2. The highest BCUT2D eigenvalue weighted by atomic mass is 32.2. The lowest BCUT2D eigenvalue weighted by Crippen LogP contribution is -2.48. The van der Waals surface area contributed by atoms with E-state index in [0.717, 1.165) is 36.2 Å². The third-order valence-corrected chi connectivity index (χ3v) is 10.9. The van der Waals surface area contributed by atoms with Crippen molar-refractivity contribution in [2.24, 2.45) is 29.6 Å². The second-order valence-corrected chi connectivity index (χ2v) is 14.4. The van der Waals surface area contributed by atoms with Gasteiger partial charge in [-0.15, -0.1) is 10.2 Å². The number of hydrogen-bond acceptors (Lipinski definition) is 6. The zero-order valence-electron chi connectivity index (χ0n) is 25.7. The molecule has 2 N–H and O–H groups in total. The van der Waals surface area contributed by atoms with Crippen LogP contribution in [0.25, 0.3) is 5.65 Å². The van der Waals surface area contributed by atoms with Gasteiger partial charge in [0.15, 0.2) is 11.5 Å². The number of H-pyrrole nitrogens is 1. The molecule has 4 bridgehead atoms. The van der Waals surface area contributed by atoms with Gasteiger partial charge in [-0.3, -0.25) is 5.10 Å². The number of fused-ring (bicyclic) bond motifs is 1. The molecule has 7 rings (SSSR count). The van der Waals surface area contributed by atoms with Crippen molar-refractivity contribution in [3.05, 3.63) is 35.8 Å². The highest BCUT2D eigenvalue weighted by molar-refractivity contribution is 7.78. The van der Waals surface area contributed by atoms with Gasteiger partial charge >= 0.3 is 0 Å². The number of benzene rings is 1. The van der Waals surface area contributed by atoms with Crippen LogP contribution < -0.4 is 18.4 Å². The van der Waals surface area contributed by atoms with Crippen LogP contribution in [-0.2, 0) is 16.7 Å². The second kappa shape index (κ2) is 12.2. The summed E-state index contributed by atoms with van der Waals surface area (Å²) in [5.41, 5.74) is 2.34. The Hall–Kier alpha value is -2.59. The minimum Gasteiger partial charge on any atom is -0.493 e. The van der Waals surface area contributed by atoms with Crippen LogP contribution in [0.15, 0.2) is 24.3 Å². The monoisotopic (exact) mass is 597 g/mol. The predicted octanol–water partition coefficient (Wildman–Crippen LogP) is 6.68. The first-order chi connectivity index (χ1) is 20.2. The molecule has 1 aromatic carbocycles. The SMILES string of the molecule is CCC(C)COc1cc(OCC(C)CC)cc(OS(=O)NC(C)c2nnc3cc(C45CC6CC(CC(C6)C4)C5)[nH]n23)c1. The van der Waals surface area contributed by atoms with E-state index in [9.17, 15) is 4.21 Å². The Labute approximate surface area is 252 Å². The van der Waals surface area contributed by atoms with Crippen LogP contribution >= 0.6 is 0 Å². The lowest BCUT2D eigenvalue weighted by atomic mass is 9.49. The van der Waals surface area contributed by atoms with Crippen molar-refractivity contribution in [1.29, 1.82) is 0 Å². The Morgan fingerprint density at radius 3 is 2.00 bits per heavy atom. The molecule has 0 spiro atoms. The molecule has 4 aliphatic rings. The van der Waals surface area contributed by atoms with Gasteiger partial charge < -0.3 is 13.7 Å². The van der Waals surface area contributed by atoms with E-state index in [2.05, 4.69) is 53.8 Å². The first-order valence-electron chi connectivity index (χ1n) is 15.9. The fourth-order valence-electron chi connectivity index (χ4n) is 7.57. The molecule has 4 aliphatic carbocycles. The number of ether oxygens (including phenoxy) is 2. The van der Waals surface area contributed by atoms with Gasteiger partial charge in [0, 0.05) is 35.4 Å². The van der Waals surface area contributed by atoms with Gasteiger partial charge in [-0.2, -0.15) is 8.93 Å². The fraction of sp³-hybridized carbons (Fsp3) is 0.688. The lowest BCUT2D eigenvalue weighted by molar-refractivity contribution is -0.00733. The number of aromatic nitrogens is 4. The Morgan fingerprint density at radius 1 is 0.905 bits per heavy atom. The quantitative estimate of drug-likeness (QED) is 0.215. The Kier molecular flexibility index (Phi) is 8.56. The molecule has 3 aromatic rings. The first-order valence-corrected chi connectivity index (χ1v) is 17.0. The van der Waals surface area contributed by atoms with E-state index in [1.165, 1.54) is 44.2 Å². The van der Waals surface area contributed by atoms with E-state index in [0.29, 0.717) is 48.1 Å². The van der Waals surface area contributed by atoms with Crippen LogP contribution in [0, 0.1) is 29.6 Å².